The van der Waals surface area contributed by atoms with Gasteiger partial charge in [0, 0.05) is 31.1 Å². The molecular formula is C26H31N3O2. The Labute approximate surface area is 183 Å². The summed E-state index contributed by atoms with van der Waals surface area (Å²) in [5, 5.41) is 9.97. The summed E-state index contributed by atoms with van der Waals surface area (Å²) in [6, 6.07) is 17.4. The number of aromatic nitrogens is 1. The molecule has 5 nitrogen and oxygen atoms in total. The molecule has 1 aromatic heterocycles. The zero-order chi connectivity index (χ0) is 21.0. The number of nitrogens with one attached hydrogen (secondary N) is 1. The Hall–Kier alpha value is -2.66. The molecule has 1 aliphatic heterocycles. The van der Waals surface area contributed by atoms with Crippen LogP contribution in [-0.2, 0) is 6.54 Å². The first-order valence-corrected chi connectivity index (χ1v) is 11.7. The summed E-state index contributed by atoms with van der Waals surface area (Å²) in [4.78, 5) is 15.1. The van der Waals surface area contributed by atoms with Crippen LogP contribution in [-0.4, -0.2) is 35.1 Å². The molecule has 1 amide bonds. The minimum Gasteiger partial charge on any atom is -0.351 e. The highest BCUT2D eigenvalue weighted by Crippen LogP contribution is 2.28. The number of hydrogen-bond acceptors (Lipinski definition) is 4. The predicted octanol–water partition coefficient (Wildman–Crippen LogP) is 5.27. The Morgan fingerprint density at radius 1 is 1.00 bits per heavy atom. The average molecular weight is 418 g/mol. The van der Waals surface area contributed by atoms with Crippen molar-refractivity contribution >= 4 is 16.7 Å². The van der Waals surface area contributed by atoms with E-state index in [2.05, 4.69) is 57.8 Å². The molecule has 1 saturated carbocycles. The maximum absolute atomic E-state index is 12.6. The van der Waals surface area contributed by atoms with E-state index in [4.69, 9.17) is 4.52 Å². The lowest BCUT2D eigenvalue weighted by molar-refractivity contribution is 0.0890. The van der Waals surface area contributed by atoms with Crippen LogP contribution in [0.1, 0.15) is 72.7 Å². The zero-order valence-electron chi connectivity index (χ0n) is 18.1. The van der Waals surface area contributed by atoms with Crippen LogP contribution >= 0.6 is 0 Å². The Kier molecular flexibility index (Phi) is 6.03. The van der Waals surface area contributed by atoms with E-state index in [1.54, 1.807) is 0 Å². The molecule has 2 heterocycles. The highest BCUT2D eigenvalue weighted by molar-refractivity contribution is 5.91. The van der Waals surface area contributed by atoms with Crippen LogP contribution in [0.4, 0.5) is 0 Å². The summed E-state index contributed by atoms with van der Waals surface area (Å²) in [5.74, 6) is 0.552. The third-order valence-electron chi connectivity index (χ3n) is 6.84. The quantitative estimate of drug-likeness (QED) is 0.614. The van der Waals surface area contributed by atoms with E-state index in [-0.39, 0.29) is 11.9 Å². The molecule has 1 saturated heterocycles. The summed E-state index contributed by atoms with van der Waals surface area (Å²) in [7, 11) is 0. The highest BCUT2D eigenvalue weighted by Gasteiger charge is 2.26. The van der Waals surface area contributed by atoms with Gasteiger partial charge >= 0.3 is 0 Å². The summed E-state index contributed by atoms with van der Waals surface area (Å²) in [6.07, 6.45) is 8.02. The third-order valence-corrected chi connectivity index (χ3v) is 6.84. The highest BCUT2D eigenvalue weighted by atomic mass is 16.5. The van der Waals surface area contributed by atoms with Crippen molar-refractivity contribution in [1.82, 2.24) is 15.4 Å². The lowest BCUT2D eigenvalue weighted by Crippen LogP contribution is -2.36. The molecule has 5 heteroatoms. The van der Waals surface area contributed by atoms with E-state index in [1.165, 1.54) is 35.6 Å². The molecule has 0 spiro atoms. The molecule has 2 aliphatic rings. The SMILES string of the molecule is O=C(NC1CCCCC1)c1cc([C@H]2CCCN(Cc3ccc4ccccc4c3)C2)no1. The molecule has 0 unspecified atom stereocenters. The number of amides is 1. The summed E-state index contributed by atoms with van der Waals surface area (Å²) in [5.41, 5.74) is 2.25. The van der Waals surface area contributed by atoms with Crippen LogP contribution in [0.15, 0.2) is 53.1 Å². The smallest absolute Gasteiger partial charge is 0.290 e. The second-order valence-electron chi connectivity index (χ2n) is 9.18. The van der Waals surface area contributed by atoms with Crippen molar-refractivity contribution in [3.8, 4) is 0 Å². The molecule has 1 atom stereocenters. The number of carbonyl (C=O) groups is 1. The lowest BCUT2D eigenvalue weighted by Gasteiger charge is -2.31. The van der Waals surface area contributed by atoms with Crippen LogP contribution in [0.5, 0.6) is 0 Å². The number of hydrogen-bond donors (Lipinski definition) is 1. The normalized spacial score (nSPS) is 20.7. The molecule has 162 valence electrons. The van der Waals surface area contributed by atoms with Gasteiger partial charge < -0.3 is 9.84 Å². The fourth-order valence-electron chi connectivity index (χ4n) is 5.13. The molecule has 2 fully saturated rings. The van der Waals surface area contributed by atoms with Crippen LogP contribution < -0.4 is 5.32 Å². The summed E-state index contributed by atoms with van der Waals surface area (Å²) < 4.78 is 5.44. The number of benzene rings is 2. The van der Waals surface area contributed by atoms with E-state index >= 15 is 0 Å². The van der Waals surface area contributed by atoms with Crippen LogP contribution in [0.2, 0.25) is 0 Å². The molecule has 0 radical (unpaired) electrons. The van der Waals surface area contributed by atoms with E-state index in [0.717, 1.165) is 51.0 Å². The molecule has 3 aromatic rings. The molecule has 0 bridgehead atoms. The van der Waals surface area contributed by atoms with Crippen molar-refractivity contribution in [2.75, 3.05) is 13.1 Å². The Bertz CT molecular complexity index is 1040. The largest absolute Gasteiger partial charge is 0.351 e. The number of piperidine rings is 1. The van der Waals surface area contributed by atoms with Crippen molar-refractivity contribution in [2.24, 2.45) is 0 Å². The second kappa shape index (κ2) is 9.23. The van der Waals surface area contributed by atoms with Crippen LogP contribution in [0.3, 0.4) is 0 Å². The van der Waals surface area contributed by atoms with Gasteiger partial charge in [0.05, 0.1) is 5.69 Å². The number of rotatable bonds is 5. The molecule has 31 heavy (non-hydrogen) atoms. The van der Waals surface area contributed by atoms with E-state index < -0.39 is 0 Å². The maximum Gasteiger partial charge on any atom is 0.290 e. The first kappa shape index (κ1) is 20.3. The molecule has 1 aliphatic carbocycles. The van der Waals surface area contributed by atoms with Crippen molar-refractivity contribution in [2.45, 2.75) is 63.5 Å². The maximum atomic E-state index is 12.6. The topological polar surface area (TPSA) is 58.4 Å². The van der Waals surface area contributed by atoms with Gasteiger partial charge in [-0.2, -0.15) is 0 Å². The molecule has 2 aromatic carbocycles. The van der Waals surface area contributed by atoms with Gasteiger partial charge in [0.1, 0.15) is 0 Å². The van der Waals surface area contributed by atoms with Gasteiger partial charge in [-0.15, -0.1) is 0 Å². The fraction of sp³-hybridized carbons (Fsp3) is 0.462. The number of nitrogens with zero attached hydrogens (tertiary/aromatic N) is 2. The minimum atomic E-state index is -0.116. The van der Waals surface area contributed by atoms with Gasteiger partial charge in [0.25, 0.3) is 5.91 Å². The van der Waals surface area contributed by atoms with Crippen molar-refractivity contribution in [3.63, 3.8) is 0 Å². The number of carbonyl (C=O) groups excluding carboxylic acids is 1. The zero-order valence-corrected chi connectivity index (χ0v) is 18.1. The van der Waals surface area contributed by atoms with Crippen LogP contribution in [0, 0.1) is 0 Å². The van der Waals surface area contributed by atoms with Crippen molar-refractivity contribution < 1.29 is 9.32 Å². The van der Waals surface area contributed by atoms with E-state index in [9.17, 15) is 4.79 Å². The minimum absolute atomic E-state index is 0.116. The molecule has 5 rings (SSSR count). The molecular weight excluding hydrogens is 386 g/mol. The van der Waals surface area contributed by atoms with Crippen molar-refractivity contribution in [3.05, 3.63) is 65.5 Å². The van der Waals surface area contributed by atoms with Gasteiger partial charge in [-0.25, -0.2) is 0 Å². The van der Waals surface area contributed by atoms with Crippen molar-refractivity contribution in [1.29, 1.82) is 0 Å². The lowest BCUT2D eigenvalue weighted by atomic mass is 9.94. The third kappa shape index (κ3) is 4.82. The predicted molar refractivity (Wildman–Crippen MR) is 122 cm³/mol. The van der Waals surface area contributed by atoms with E-state index in [1.807, 2.05) is 6.07 Å². The Morgan fingerprint density at radius 3 is 2.71 bits per heavy atom. The number of likely N-dealkylation sites (tertiary alicyclic amines) is 1. The van der Waals surface area contributed by atoms with Gasteiger partial charge in [0.2, 0.25) is 5.76 Å². The Morgan fingerprint density at radius 2 is 1.84 bits per heavy atom. The van der Waals surface area contributed by atoms with E-state index in [0.29, 0.717) is 11.7 Å². The first-order chi connectivity index (χ1) is 15.2. The summed E-state index contributed by atoms with van der Waals surface area (Å²) in [6.45, 7) is 2.98. The van der Waals surface area contributed by atoms with Gasteiger partial charge in [0.15, 0.2) is 0 Å². The standard InChI is InChI=1S/C26H31N3O2/c30-26(27-23-10-2-1-3-11-23)25-16-24(28-31-25)22-9-6-14-29(18-22)17-19-12-13-20-7-4-5-8-21(20)15-19/h4-5,7-8,12-13,15-16,22-23H,1-3,6,9-11,14,17-18H2,(H,27,30)/t22-/m0/s1. The number of fused-ring (bicyclic) bond motifs is 1. The van der Waals surface area contributed by atoms with Gasteiger partial charge in [-0.05, 0) is 54.6 Å². The average Bonchev–Trinajstić information content (AvgIpc) is 3.31. The van der Waals surface area contributed by atoms with Crippen LogP contribution in [0.25, 0.3) is 10.8 Å². The van der Waals surface area contributed by atoms with Gasteiger partial charge in [-0.1, -0.05) is 60.8 Å². The second-order valence-corrected chi connectivity index (χ2v) is 9.18. The molecule has 1 N–H and O–H groups in total. The fourth-order valence-corrected chi connectivity index (χ4v) is 5.13. The summed E-state index contributed by atoms with van der Waals surface area (Å²) >= 11 is 0. The van der Waals surface area contributed by atoms with Gasteiger partial charge in [-0.3, -0.25) is 9.69 Å². The Balaban J connectivity index is 1.21. The first-order valence-electron chi connectivity index (χ1n) is 11.7. The monoisotopic (exact) mass is 417 g/mol.